The lowest BCUT2D eigenvalue weighted by molar-refractivity contribution is 0.0947. The maximum Gasteiger partial charge on any atom is 0.270 e. The Morgan fingerprint density at radius 1 is 1.26 bits per heavy atom. The summed E-state index contributed by atoms with van der Waals surface area (Å²) in [6.45, 7) is 7.28. The number of anilines is 1. The molecule has 2 rings (SSSR count). The number of nitrogens with zero attached hydrogens (tertiary/aromatic N) is 5. The highest BCUT2D eigenvalue weighted by molar-refractivity contribution is 5.92. The van der Waals surface area contributed by atoms with E-state index >= 15 is 0 Å². The number of amides is 1. The summed E-state index contributed by atoms with van der Waals surface area (Å²) in [4.78, 5) is 27.8. The van der Waals surface area contributed by atoms with E-state index in [1.807, 2.05) is 21.0 Å². The first kappa shape index (κ1) is 17.6. The molecular weight excluding hydrogens is 292 g/mol. The molecule has 1 saturated heterocycles. The normalized spacial score (nSPS) is 16.0. The van der Waals surface area contributed by atoms with Gasteiger partial charge in [0, 0.05) is 38.4 Å². The van der Waals surface area contributed by atoms with Crippen molar-refractivity contribution in [2.75, 3.05) is 65.3 Å². The maximum absolute atomic E-state index is 12.3. The predicted molar refractivity (Wildman–Crippen MR) is 92.0 cm³/mol. The Hall–Kier alpha value is -1.73. The fourth-order valence-corrected chi connectivity index (χ4v) is 2.50. The number of aryl methyl sites for hydroxylation is 1. The molecule has 0 atom stereocenters. The van der Waals surface area contributed by atoms with E-state index < -0.39 is 0 Å². The largest absolute Gasteiger partial charge is 0.351 e. The minimum Gasteiger partial charge on any atom is -0.351 e. The number of nitrogens with one attached hydrogen (secondary N) is 1. The molecule has 128 valence electrons. The standard InChI is InChI=1S/C16H28N6O/c1-13-12-14(15(23)17-6-5-7-20(2)3)19-16(18-13)22-10-8-21(4)9-11-22/h12H,5-11H2,1-4H3,(H,17,23). The summed E-state index contributed by atoms with van der Waals surface area (Å²) in [5.74, 6) is 0.543. The number of hydrogen-bond acceptors (Lipinski definition) is 6. The molecule has 1 fully saturated rings. The van der Waals surface area contributed by atoms with Gasteiger partial charge < -0.3 is 20.0 Å². The second kappa shape index (κ2) is 8.21. The lowest BCUT2D eigenvalue weighted by atomic mass is 10.3. The fourth-order valence-electron chi connectivity index (χ4n) is 2.50. The van der Waals surface area contributed by atoms with Gasteiger partial charge in [-0.1, -0.05) is 0 Å². The maximum atomic E-state index is 12.3. The third-order valence-electron chi connectivity index (χ3n) is 3.93. The van der Waals surface area contributed by atoms with Crippen LogP contribution in [0.2, 0.25) is 0 Å². The first-order chi connectivity index (χ1) is 11.0. The first-order valence-corrected chi connectivity index (χ1v) is 8.18. The SMILES string of the molecule is Cc1cc(C(=O)NCCCN(C)C)nc(N2CCN(C)CC2)n1. The van der Waals surface area contributed by atoms with Crippen molar-refractivity contribution in [2.24, 2.45) is 0 Å². The van der Waals surface area contributed by atoms with Gasteiger partial charge in [0.25, 0.3) is 5.91 Å². The van der Waals surface area contributed by atoms with Gasteiger partial charge in [0.2, 0.25) is 5.95 Å². The molecule has 0 unspecified atom stereocenters. The average molecular weight is 320 g/mol. The Morgan fingerprint density at radius 2 is 1.96 bits per heavy atom. The number of piperazine rings is 1. The zero-order valence-electron chi connectivity index (χ0n) is 14.7. The van der Waals surface area contributed by atoms with E-state index in [-0.39, 0.29) is 5.91 Å². The molecule has 1 aliphatic heterocycles. The van der Waals surface area contributed by atoms with Crippen molar-refractivity contribution >= 4 is 11.9 Å². The van der Waals surface area contributed by atoms with Gasteiger partial charge in [-0.2, -0.15) is 0 Å². The molecule has 0 saturated carbocycles. The molecule has 1 aliphatic rings. The monoisotopic (exact) mass is 320 g/mol. The van der Waals surface area contributed by atoms with Crippen molar-refractivity contribution in [3.63, 3.8) is 0 Å². The van der Waals surface area contributed by atoms with Crippen LogP contribution in [0.1, 0.15) is 22.6 Å². The number of likely N-dealkylation sites (N-methyl/N-ethyl adjacent to an activating group) is 1. The Kier molecular flexibility index (Phi) is 6.29. The van der Waals surface area contributed by atoms with Crippen molar-refractivity contribution in [3.8, 4) is 0 Å². The zero-order valence-corrected chi connectivity index (χ0v) is 14.7. The van der Waals surface area contributed by atoms with Crippen molar-refractivity contribution in [1.29, 1.82) is 0 Å². The van der Waals surface area contributed by atoms with Gasteiger partial charge in [-0.3, -0.25) is 4.79 Å². The van der Waals surface area contributed by atoms with Gasteiger partial charge in [0.05, 0.1) is 0 Å². The summed E-state index contributed by atoms with van der Waals surface area (Å²) in [6, 6.07) is 1.75. The molecular formula is C16H28N6O. The van der Waals surface area contributed by atoms with Gasteiger partial charge in [-0.25, -0.2) is 9.97 Å². The Morgan fingerprint density at radius 3 is 2.61 bits per heavy atom. The Balaban J connectivity index is 1.97. The van der Waals surface area contributed by atoms with Crippen LogP contribution in [0, 0.1) is 6.92 Å². The highest BCUT2D eigenvalue weighted by Crippen LogP contribution is 2.12. The van der Waals surface area contributed by atoms with Crippen LogP contribution in [0.3, 0.4) is 0 Å². The second-order valence-electron chi connectivity index (χ2n) is 6.40. The molecule has 23 heavy (non-hydrogen) atoms. The second-order valence-corrected chi connectivity index (χ2v) is 6.40. The Labute approximate surface area is 138 Å². The quantitative estimate of drug-likeness (QED) is 0.757. The molecule has 1 N–H and O–H groups in total. The zero-order chi connectivity index (χ0) is 16.8. The summed E-state index contributed by atoms with van der Waals surface area (Å²) in [7, 11) is 6.16. The van der Waals surface area contributed by atoms with E-state index in [4.69, 9.17) is 0 Å². The van der Waals surface area contributed by atoms with Gasteiger partial charge in [-0.05, 0) is 47.1 Å². The van der Waals surface area contributed by atoms with E-state index in [0.29, 0.717) is 18.2 Å². The van der Waals surface area contributed by atoms with Crippen molar-refractivity contribution in [1.82, 2.24) is 25.1 Å². The van der Waals surface area contributed by atoms with Gasteiger partial charge in [0.15, 0.2) is 0 Å². The van der Waals surface area contributed by atoms with E-state index in [9.17, 15) is 4.79 Å². The van der Waals surface area contributed by atoms with E-state index in [2.05, 4.69) is 37.0 Å². The lowest BCUT2D eigenvalue weighted by Gasteiger charge is -2.32. The molecule has 0 spiro atoms. The molecule has 1 aromatic heterocycles. The van der Waals surface area contributed by atoms with E-state index in [0.717, 1.165) is 44.8 Å². The predicted octanol–water partition coefficient (Wildman–Crippen LogP) is 0.218. The summed E-state index contributed by atoms with van der Waals surface area (Å²) in [5, 5.41) is 2.94. The fraction of sp³-hybridized carbons (Fsp3) is 0.688. The number of rotatable bonds is 6. The van der Waals surface area contributed by atoms with Crippen molar-refractivity contribution in [3.05, 3.63) is 17.5 Å². The molecule has 0 radical (unpaired) electrons. The highest BCUT2D eigenvalue weighted by Gasteiger charge is 2.18. The molecule has 7 nitrogen and oxygen atoms in total. The first-order valence-electron chi connectivity index (χ1n) is 8.18. The number of aromatic nitrogens is 2. The Bertz CT molecular complexity index is 525. The molecule has 7 heteroatoms. The lowest BCUT2D eigenvalue weighted by Crippen LogP contribution is -2.45. The summed E-state index contributed by atoms with van der Waals surface area (Å²) >= 11 is 0. The summed E-state index contributed by atoms with van der Waals surface area (Å²) < 4.78 is 0. The van der Waals surface area contributed by atoms with Crippen LogP contribution in [-0.2, 0) is 0 Å². The molecule has 2 heterocycles. The highest BCUT2D eigenvalue weighted by atomic mass is 16.1. The topological polar surface area (TPSA) is 64.6 Å². The molecule has 0 bridgehead atoms. The summed E-state index contributed by atoms with van der Waals surface area (Å²) in [6.07, 6.45) is 0.925. The van der Waals surface area contributed by atoms with E-state index in [1.54, 1.807) is 6.07 Å². The molecule has 1 aromatic rings. The van der Waals surface area contributed by atoms with Gasteiger partial charge in [-0.15, -0.1) is 0 Å². The van der Waals surface area contributed by atoms with Crippen LogP contribution in [0.4, 0.5) is 5.95 Å². The third kappa shape index (κ3) is 5.44. The van der Waals surface area contributed by atoms with Crippen LogP contribution in [0.5, 0.6) is 0 Å². The van der Waals surface area contributed by atoms with Gasteiger partial charge in [0.1, 0.15) is 5.69 Å². The van der Waals surface area contributed by atoms with E-state index in [1.165, 1.54) is 0 Å². The van der Waals surface area contributed by atoms with Crippen molar-refractivity contribution < 1.29 is 4.79 Å². The van der Waals surface area contributed by atoms with Crippen LogP contribution in [-0.4, -0.2) is 86.1 Å². The minimum atomic E-state index is -0.121. The number of hydrogen-bond donors (Lipinski definition) is 1. The molecule has 0 aliphatic carbocycles. The van der Waals surface area contributed by atoms with Crippen LogP contribution < -0.4 is 10.2 Å². The molecule has 1 amide bonds. The average Bonchev–Trinajstić information content (AvgIpc) is 2.51. The van der Waals surface area contributed by atoms with Crippen LogP contribution in [0.25, 0.3) is 0 Å². The number of carbonyl (C=O) groups is 1. The van der Waals surface area contributed by atoms with Crippen LogP contribution in [0.15, 0.2) is 6.07 Å². The molecule has 0 aromatic carbocycles. The van der Waals surface area contributed by atoms with Crippen LogP contribution >= 0.6 is 0 Å². The third-order valence-corrected chi connectivity index (χ3v) is 3.93. The number of carbonyl (C=O) groups excluding carboxylic acids is 1. The minimum absolute atomic E-state index is 0.121. The van der Waals surface area contributed by atoms with Gasteiger partial charge >= 0.3 is 0 Å². The summed E-state index contributed by atoms with van der Waals surface area (Å²) in [5.41, 5.74) is 1.28. The smallest absolute Gasteiger partial charge is 0.270 e. The van der Waals surface area contributed by atoms with Crippen molar-refractivity contribution in [2.45, 2.75) is 13.3 Å².